The van der Waals surface area contributed by atoms with E-state index in [1.807, 2.05) is 18.3 Å². The summed E-state index contributed by atoms with van der Waals surface area (Å²) in [6.45, 7) is 5.86. The van der Waals surface area contributed by atoms with Crippen LogP contribution in [0.4, 0.5) is 0 Å². The van der Waals surface area contributed by atoms with Crippen LogP contribution < -0.4 is 0 Å². The first-order valence-electron chi connectivity index (χ1n) is 14.5. The van der Waals surface area contributed by atoms with Crippen LogP contribution in [-0.2, 0) is 20.1 Å². The molecule has 42 heavy (non-hydrogen) atoms. The van der Waals surface area contributed by atoms with Crippen molar-refractivity contribution in [2.75, 3.05) is 0 Å². The van der Waals surface area contributed by atoms with E-state index in [2.05, 4.69) is 62.4 Å². The number of carbonyl (C=O) groups is 1. The summed E-state index contributed by atoms with van der Waals surface area (Å²) in [5, 5.41) is 13.8. The molecule has 2 heterocycles. The summed E-state index contributed by atoms with van der Waals surface area (Å²) >= 11 is 0. The number of phenols is 1. The number of phenolic OH excluding ortho intramolecular Hbond substituents is 1. The average Bonchev–Trinajstić information content (AvgIpc) is 3.65. The quantitative estimate of drug-likeness (QED) is 0.145. The van der Waals surface area contributed by atoms with Crippen LogP contribution in [0.25, 0.3) is 44.0 Å². The van der Waals surface area contributed by atoms with Crippen molar-refractivity contribution in [2.45, 2.75) is 58.3 Å². The van der Waals surface area contributed by atoms with Crippen LogP contribution in [-0.4, -0.2) is 15.9 Å². The molecule has 215 valence electrons. The number of aromatic nitrogens is 1. The van der Waals surface area contributed by atoms with E-state index in [0.717, 1.165) is 33.2 Å². The van der Waals surface area contributed by atoms with E-state index in [0.29, 0.717) is 17.4 Å². The number of hydrogen-bond donors (Lipinski definition) is 1. The van der Waals surface area contributed by atoms with E-state index in [-0.39, 0.29) is 31.6 Å². The predicted molar refractivity (Wildman–Crippen MR) is 167 cm³/mol. The number of carbonyl (C=O) groups excluding carboxylic acids is 1. The van der Waals surface area contributed by atoms with Crippen LogP contribution in [0.1, 0.15) is 79.8 Å². The molecule has 0 atom stereocenters. The Morgan fingerprint density at radius 2 is 1.67 bits per heavy atom. The van der Waals surface area contributed by atoms with Crippen molar-refractivity contribution in [2.24, 2.45) is 0 Å². The third-order valence-electron chi connectivity index (χ3n) is 8.19. The van der Waals surface area contributed by atoms with E-state index in [9.17, 15) is 4.79 Å². The third-order valence-corrected chi connectivity index (χ3v) is 8.19. The Kier molecular flexibility index (Phi) is 8.91. The molecule has 1 saturated carbocycles. The van der Waals surface area contributed by atoms with Gasteiger partial charge >= 0.3 is 0 Å². The molecular weight excluding hydrogens is 699 g/mol. The van der Waals surface area contributed by atoms with Gasteiger partial charge in [0.2, 0.25) is 0 Å². The molecule has 1 N–H and O–H groups in total. The molecule has 0 unspecified atom stereocenters. The standard InChI is InChI=1S/C29H26NO.C8H8O2.Ir/c1-18(2)22-16-25-24-9-5-6-10-27(24)31-29(25)26(17-22)28-23-12-11-20(19-7-3-4-8-19)15-21(23)13-14-30-28;1-6(9)7-4-2-3-5-8(7)10;/h5-6,9-16,18-19H,3-4,7-8H2,1-2H3;2-5,10H,1H3;/q-1;;. The first-order valence-corrected chi connectivity index (χ1v) is 14.5. The van der Waals surface area contributed by atoms with Crippen molar-refractivity contribution in [3.63, 3.8) is 0 Å². The summed E-state index contributed by atoms with van der Waals surface area (Å²) < 4.78 is 6.36. The van der Waals surface area contributed by atoms with Gasteiger partial charge < -0.3 is 14.5 Å². The number of hydrogen-bond acceptors (Lipinski definition) is 4. The summed E-state index contributed by atoms with van der Waals surface area (Å²) in [5.74, 6) is 1.02. The zero-order valence-electron chi connectivity index (χ0n) is 24.1. The minimum Gasteiger partial charge on any atom is -0.507 e. The largest absolute Gasteiger partial charge is 0.507 e. The number of pyridine rings is 1. The van der Waals surface area contributed by atoms with E-state index < -0.39 is 0 Å². The molecule has 4 nitrogen and oxygen atoms in total. The summed E-state index contributed by atoms with van der Waals surface area (Å²) in [4.78, 5) is 15.5. The zero-order chi connectivity index (χ0) is 28.5. The van der Waals surface area contributed by atoms with Crippen molar-refractivity contribution in [3.05, 3.63) is 108 Å². The fourth-order valence-electron chi connectivity index (χ4n) is 5.94. The average molecular weight is 733 g/mol. The Labute approximate surface area is 260 Å². The number of para-hydroxylation sites is 2. The molecule has 0 spiro atoms. The van der Waals surface area contributed by atoms with E-state index in [4.69, 9.17) is 14.5 Å². The normalized spacial score (nSPS) is 13.3. The Morgan fingerprint density at radius 3 is 2.38 bits per heavy atom. The second-order valence-corrected chi connectivity index (χ2v) is 11.3. The van der Waals surface area contributed by atoms with E-state index in [1.165, 1.54) is 60.6 Å². The van der Waals surface area contributed by atoms with Crippen LogP contribution in [0.2, 0.25) is 0 Å². The molecule has 6 aromatic rings. The number of rotatable bonds is 4. The van der Waals surface area contributed by atoms with Crippen LogP contribution in [0, 0.1) is 6.07 Å². The van der Waals surface area contributed by atoms with Crippen molar-refractivity contribution in [1.29, 1.82) is 0 Å². The van der Waals surface area contributed by atoms with Gasteiger partial charge in [0.05, 0.1) is 11.1 Å². The van der Waals surface area contributed by atoms with Gasteiger partial charge in [0.25, 0.3) is 0 Å². The van der Waals surface area contributed by atoms with Gasteiger partial charge in [-0.1, -0.05) is 86.2 Å². The molecule has 2 aromatic heterocycles. The number of furan rings is 1. The first kappa shape index (κ1) is 29.7. The maximum Gasteiger partial charge on any atom is 0.163 e. The monoisotopic (exact) mass is 733 g/mol. The Balaban J connectivity index is 0.000000275. The molecule has 0 amide bonds. The second-order valence-electron chi connectivity index (χ2n) is 11.3. The van der Waals surface area contributed by atoms with Gasteiger partial charge in [0, 0.05) is 31.7 Å². The fourth-order valence-corrected chi connectivity index (χ4v) is 5.94. The molecule has 4 aromatic carbocycles. The third kappa shape index (κ3) is 5.77. The molecule has 7 rings (SSSR count). The molecule has 1 aliphatic carbocycles. The molecule has 0 saturated heterocycles. The van der Waals surface area contributed by atoms with Crippen molar-refractivity contribution in [1.82, 2.24) is 4.98 Å². The number of Topliss-reactive ketones (excluding diaryl/α,β-unsaturated/α-hetero) is 1. The Morgan fingerprint density at radius 1 is 0.929 bits per heavy atom. The van der Waals surface area contributed by atoms with Crippen LogP contribution >= 0.6 is 0 Å². The number of aromatic hydroxyl groups is 1. The molecule has 5 heteroatoms. The number of fused-ring (bicyclic) bond motifs is 4. The van der Waals surface area contributed by atoms with Gasteiger partial charge in [-0.25, -0.2) is 0 Å². The van der Waals surface area contributed by atoms with Gasteiger partial charge in [0.1, 0.15) is 11.3 Å². The van der Waals surface area contributed by atoms with E-state index >= 15 is 0 Å². The van der Waals surface area contributed by atoms with Gasteiger partial charge in [-0.05, 0) is 77.9 Å². The van der Waals surface area contributed by atoms with Crippen molar-refractivity contribution >= 4 is 38.5 Å². The first-order chi connectivity index (χ1) is 19.9. The molecule has 1 aliphatic rings. The number of benzene rings is 4. The topological polar surface area (TPSA) is 63.3 Å². The molecule has 0 bridgehead atoms. The molecule has 1 fully saturated rings. The van der Waals surface area contributed by atoms with Crippen molar-refractivity contribution < 1.29 is 34.4 Å². The number of ketones is 1. The summed E-state index contributed by atoms with van der Waals surface area (Å²) in [6, 6.07) is 29.8. The maximum absolute atomic E-state index is 10.7. The summed E-state index contributed by atoms with van der Waals surface area (Å²) in [6.07, 6.45) is 7.26. The molecule has 1 radical (unpaired) electrons. The van der Waals surface area contributed by atoms with Gasteiger partial charge in [-0.3, -0.25) is 4.79 Å². The van der Waals surface area contributed by atoms with Gasteiger partial charge in [-0.2, -0.15) is 0 Å². The minimum atomic E-state index is -0.113. The second kappa shape index (κ2) is 12.6. The minimum absolute atomic E-state index is 0. The smallest absolute Gasteiger partial charge is 0.163 e. The maximum atomic E-state index is 10.7. The van der Waals surface area contributed by atoms with Gasteiger partial charge in [0.15, 0.2) is 5.78 Å². The predicted octanol–water partition coefficient (Wildman–Crippen LogP) is 9.97. The molecule has 0 aliphatic heterocycles. The van der Waals surface area contributed by atoms with Gasteiger partial charge in [-0.15, -0.1) is 17.7 Å². The Hall–Kier alpha value is -3.79. The van der Waals surface area contributed by atoms with Crippen LogP contribution in [0.15, 0.2) is 89.5 Å². The van der Waals surface area contributed by atoms with Crippen LogP contribution in [0.3, 0.4) is 0 Å². The zero-order valence-corrected chi connectivity index (χ0v) is 26.5. The van der Waals surface area contributed by atoms with Crippen LogP contribution in [0.5, 0.6) is 5.75 Å². The van der Waals surface area contributed by atoms with E-state index in [1.54, 1.807) is 18.2 Å². The fraction of sp³-hybridized carbons (Fsp3) is 0.243. The number of nitrogens with zero attached hydrogens (tertiary/aromatic N) is 1. The van der Waals surface area contributed by atoms with Crippen molar-refractivity contribution in [3.8, 4) is 17.0 Å². The summed E-state index contributed by atoms with van der Waals surface area (Å²) in [7, 11) is 0. The SMILES string of the molecule is CC(=O)c1ccccc1O.CC(C)c1[c-]c(-c2nccc3cc(C4CCCC4)ccc23)c2oc3ccccc3c2c1.[Ir]. The summed E-state index contributed by atoms with van der Waals surface area (Å²) in [5.41, 5.74) is 6.76. The Bertz CT molecular complexity index is 1880. The molecular formula is C37H34IrNO3-.